The normalized spacial score (nSPS) is 12.8. The van der Waals surface area contributed by atoms with Gasteiger partial charge in [0, 0.05) is 38.7 Å². The van der Waals surface area contributed by atoms with Crippen molar-refractivity contribution in [1.82, 2.24) is 14.9 Å². The summed E-state index contributed by atoms with van der Waals surface area (Å²) in [5.74, 6) is 0.701. The van der Waals surface area contributed by atoms with E-state index in [1.165, 1.54) is 29.7 Å². The summed E-state index contributed by atoms with van der Waals surface area (Å²) >= 11 is 1.24. The van der Waals surface area contributed by atoms with Crippen LogP contribution in [-0.2, 0) is 16.6 Å². The van der Waals surface area contributed by atoms with E-state index < -0.39 is 10.0 Å². The van der Waals surface area contributed by atoms with E-state index in [0.717, 1.165) is 37.2 Å². The van der Waals surface area contributed by atoms with E-state index in [2.05, 4.69) is 29.5 Å². The van der Waals surface area contributed by atoms with Crippen molar-refractivity contribution in [2.45, 2.75) is 50.8 Å². The molecule has 3 N–H and O–H groups in total. The largest absolute Gasteiger partial charge is 0.396 e. The first-order valence-corrected chi connectivity index (χ1v) is 11.6. The van der Waals surface area contributed by atoms with Gasteiger partial charge in [0.2, 0.25) is 0 Å². The number of halogens is 1. The van der Waals surface area contributed by atoms with Gasteiger partial charge in [0.05, 0.1) is 6.54 Å². The van der Waals surface area contributed by atoms with Crippen molar-refractivity contribution in [3.05, 3.63) is 17.0 Å². The Balaban J connectivity index is 0.00000729. The number of rotatable bonds is 11. The van der Waals surface area contributed by atoms with Crippen LogP contribution in [0.5, 0.6) is 0 Å². The fourth-order valence-corrected chi connectivity index (χ4v) is 5.16. The van der Waals surface area contributed by atoms with Crippen LogP contribution in [-0.4, -0.2) is 57.6 Å². The first-order chi connectivity index (χ1) is 12.7. The molecule has 0 amide bonds. The van der Waals surface area contributed by atoms with Crippen molar-refractivity contribution in [1.29, 1.82) is 0 Å². The molecule has 0 atom stereocenters. The molecular weight excluding hydrogens is 511 g/mol. The van der Waals surface area contributed by atoms with Crippen LogP contribution in [0.25, 0.3) is 0 Å². The van der Waals surface area contributed by atoms with Gasteiger partial charge in [0.15, 0.2) is 5.96 Å². The molecule has 1 heterocycles. The van der Waals surface area contributed by atoms with E-state index in [1.54, 1.807) is 6.07 Å². The predicted octanol–water partition coefficient (Wildman–Crippen LogP) is 2.86. The van der Waals surface area contributed by atoms with Crippen LogP contribution in [0, 0.1) is 5.41 Å². The summed E-state index contributed by atoms with van der Waals surface area (Å²) in [4.78, 5) is 5.48. The Morgan fingerprint density at radius 3 is 2.36 bits per heavy atom. The highest BCUT2D eigenvalue weighted by atomic mass is 127. The summed E-state index contributed by atoms with van der Waals surface area (Å²) in [6.45, 7) is 8.35. The maximum absolute atomic E-state index is 12.2. The molecule has 0 aliphatic rings. The van der Waals surface area contributed by atoms with Gasteiger partial charge >= 0.3 is 0 Å². The van der Waals surface area contributed by atoms with Crippen LogP contribution >= 0.6 is 35.3 Å². The van der Waals surface area contributed by atoms with E-state index in [1.807, 2.05) is 13.0 Å². The van der Waals surface area contributed by atoms with Crippen molar-refractivity contribution in [2.24, 2.45) is 10.4 Å². The van der Waals surface area contributed by atoms with Gasteiger partial charge < -0.3 is 15.7 Å². The average Bonchev–Trinajstić information content (AvgIpc) is 3.12. The van der Waals surface area contributed by atoms with Crippen LogP contribution in [0.2, 0.25) is 0 Å². The number of hydrogen-bond donors (Lipinski definition) is 3. The highest BCUT2D eigenvalue weighted by Gasteiger charge is 2.25. The van der Waals surface area contributed by atoms with Crippen molar-refractivity contribution in [3.63, 3.8) is 0 Å². The maximum Gasteiger partial charge on any atom is 0.252 e. The maximum atomic E-state index is 12.2. The van der Waals surface area contributed by atoms with Gasteiger partial charge in [-0.25, -0.2) is 17.7 Å². The van der Waals surface area contributed by atoms with Crippen molar-refractivity contribution >= 4 is 51.3 Å². The zero-order valence-electron chi connectivity index (χ0n) is 17.5. The molecule has 0 saturated heterocycles. The number of thiophene rings is 1. The van der Waals surface area contributed by atoms with Crippen molar-refractivity contribution in [3.8, 4) is 0 Å². The molecule has 0 saturated carbocycles. The second-order valence-electron chi connectivity index (χ2n) is 6.74. The highest BCUT2D eigenvalue weighted by Crippen LogP contribution is 2.29. The van der Waals surface area contributed by atoms with E-state index in [9.17, 15) is 13.5 Å². The number of nitrogens with one attached hydrogen (secondary N) is 2. The molecule has 164 valence electrons. The predicted molar refractivity (Wildman–Crippen MR) is 128 cm³/mol. The summed E-state index contributed by atoms with van der Waals surface area (Å²) in [5, 5.41) is 16.0. The summed E-state index contributed by atoms with van der Waals surface area (Å²) in [7, 11) is -0.343. The van der Waals surface area contributed by atoms with Crippen LogP contribution in [0.1, 0.15) is 44.9 Å². The van der Waals surface area contributed by atoms with Gasteiger partial charge in [-0.3, -0.25) is 0 Å². The molecule has 0 radical (unpaired) electrons. The molecule has 0 unspecified atom stereocenters. The van der Waals surface area contributed by atoms with Crippen LogP contribution in [0.15, 0.2) is 21.3 Å². The lowest BCUT2D eigenvalue weighted by Gasteiger charge is -2.32. The lowest BCUT2D eigenvalue weighted by Crippen LogP contribution is -2.43. The van der Waals surface area contributed by atoms with Crippen LogP contribution in [0.3, 0.4) is 0 Å². The number of sulfonamides is 1. The minimum Gasteiger partial charge on any atom is -0.396 e. The topological polar surface area (TPSA) is 94.0 Å². The number of aliphatic imine (C=N–C) groups is 1. The zero-order valence-corrected chi connectivity index (χ0v) is 21.5. The third kappa shape index (κ3) is 7.77. The van der Waals surface area contributed by atoms with Crippen LogP contribution < -0.4 is 10.6 Å². The summed E-state index contributed by atoms with van der Waals surface area (Å²) in [5.41, 5.74) is 0.0425. The van der Waals surface area contributed by atoms with E-state index in [0.29, 0.717) is 16.7 Å². The van der Waals surface area contributed by atoms with Gasteiger partial charge in [-0.05, 0) is 43.7 Å². The Morgan fingerprint density at radius 1 is 1.21 bits per heavy atom. The van der Waals surface area contributed by atoms with E-state index in [-0.39, 0.29) is 36.0 Å². The monoisotopic (exact) mass is 546 g/mol. The lowest BCUT2D eigenvalue weighted by molar-refractivity contribution is 0.169. The van der Waals surface area contributed by atoms with Gasteiger partial charge in [0.1, 0.15) is 4.21 Å². The Bertz CT molecular complexity index is 701. The first-order valence-electron chi connectivity index (χ1n) is 9.39. The molecule has 0 aliphatic heterocycles. The second kappa shape index (κ2) is 13.0. The molecule has 1 aromatic rings. The van der Waals surface area contributed by atoms with Gasteiger partial charge in [0.25, 0.3) is 10.0 Å². The molecule has 0 bridgehead atoms. The fraction of sp³-hybridized carbons (Fsp3) is 0.722. The SMILES string of the molecule is CCNC(=NCc1ccc(S(=O)(=O)N(C)C)s1)NCC(CC)(CC)CCO.I. The molecule has 0 spiro atoms. The van der Waals surface area contributed by atoms with Crippen molar-refractivity contribution in [2.75, 3.05) is 33.8 Å². The van der Waals surface area contributed by atoms with Gasteiger partial charge in [-0.2, -0.15) is 0 Å². The number of nitrogens with zero attached hydrogens (tertiary/aromatic N) is 2. The number of aliphatic hydroxyl groups is 1. The molecular formula is C18H35IN4O3S2. The summed E-state index contributed by atoms with van der Waals surface area (Å²) in [6, 6.07) is 3.44. The molecule has 1 aromatic heterocycles. The Morgan fingerprint density at radius 2 is 1.86 bits per heavy atom. The third-order valence-corrected chi connectivity index (χ3v) is 8.23. The molecule has 28 heavy (non-hydrogen) atoms. The first kappa shape index (κ1) is 27.6. The minimum atomic E-state index is -3.40. The van der Waals surface area contributed by atoms with Crippen molar-refractivity contribution < 1.29 is 13.5 Å². The standard InChI is InChI=1S/C18H34N4O3S2.HI/c1-6-18(7-2,11-12-23)14-21-17(19-8-3)20-13-15-9-10-16(26-15)27(24,25)22(4)5;/h9-10,23H,6-8,11-14H2,1-5H3,(H2,19,20,21);1H. The lowest BCUT2D eigenvalue weighted by atomic mass is 9.79. The second-order valence-corrected chi connectivity index (χ2v) is 10.3. The molecule has 7 nitrogen and oxygen atoms in total. The van der Waals surface area contributed by atoms with Gasteiger partial charge in [-0.1, -0.05) is 13.8 Å². The fourth-order valence-electron chi connectivity index (χ4n) is 2.71. The minimum absolute atomic E-state index is 0. The molecule has 1 rings (SSSR count). The molecule has 0 aromatic carbocycles. The number of guanidine groups is 1. The Kier molecular flexibility index (Phi) is 12.8. The summed E-state index contributed by atoms with van der Waals surface area (Å²) < 4.78 is 25.9. The molecule has 0 fully saturated rings. The average molecular weight is 547 g/mol. The quantitative estimate of drug-likeness (QED) is 0.226. The number of hydrogen-bond acceptors (Lipinski definition) is 5. The Hall–Kier alpha value is -0.430. The molecule has 10 heteroatoms. The van der Waals surface area contributed by atoms with Gasteiger partial charge in [-0.15, -0.1) is 35.3 Å². The molecule has 0 aliphatic carbocycles. The number of aliphatic hydroxyl groups excluding tert-OH is 1. The smallest absolute Gasteiger partial charge is 0.252 e. The van der Waals surface area contributed by atoms with E-state index in [4.69, 9.17) is 0 Å². The highest BCUT2D eigenvalue weighted by molar-refractivity contribution is 14.0. The Labute approximate surface area is 191 Å². The van der Waals surface area contributed by atoms with Crippen LogP contribution in [0.4, 0.5) is 0 Å². The zero-order chi connectivity index (χ0) is 20.5. The third-order valence-electron chi connectivity index (χ3n) is 4.88. The summed E-state index contributed by atoms with van der Waals surface area (Å²) in [6.07, 6.45) is 2.71. The van der Waals surface area contributed by atoms with E-state index >= 15 is 0 Å².